The van der Waals surface area contributed by atoms with Crippen LogP contribution in [0, 0.1) is 5.92 Å². The van der Waals surface area contributed by atoms with E-state index >= 15 is 0 Å². The number of aromatic nitrogens is 1. The predicted octanol–water partition coefficient (Wildman–Crippen LogP) is 6.76. The van der Waals surface area contributed by atoms with Gasteiger partial charge in [-0.1, -0.05) is 12.2 Å². The second kappa shape index (κ2) is 14.5. The van der Waals surface area contributed by atoms with Crippen LogP contribution in [0.25, 0.3) is 10.9 Å². The van der Waals surface area contributed by atoms with Crippen molar-refractivity contribution in [1.29, 1.82) is 0 Å². The molecule has 3 aromatic rings. The fraction of sp³-hybridized carbons (Fsp3) is 0.364. The van der Waals surface area contributed by atoms with E-state index in [0.717, 1.165) is 31.8 Å². The summed E-state index contributed by atoms with van der Waals surface area (Å²) in [6.45, 7) is 0.171. The van der Waals surface area contributed by atoms with Crippen LogP contribution in [-0.2, 0) is 9.53 Å². The van der Waals surface area contributed by atoms with E-state index in [1.807, 2.05) is 0 Å². The monoisotopic (exact) mass is 640 g/mol. The smallest absolute Gasteiger partial charge is 0.395 e. The first-order chi connectivity index (χ1) is 22.1. The molecule has 2 aliphatic rings. The number of nitrogens with one attached hydrogen (secondary N) is 2. The van der Waals surface area contributed by atoms with Crippen molar-refractivity contribution in [3.8, 4) is 23.0 Å². The van der Waals surface area contributed by atoms with Gasteiger partial charge in [0.25, 0.3) is 0 Å². The van der Waals surface area contributed by atoms with E-state index in [1.54, 1.807) is 48.7 Å². The highest BCUT2D eigenvalue weighted by Gasteiger charge is 2.37. The van der Waals surface area contributed by atoms with E-state index < -0.39 is 30.1 Å². The Labute approximate surface area is 263 Å². The summed E-state index contributed by atoms with van der Waals surface area (Å²) >= 11 is 0. The molecular weight excluding hydrogens is 605 g/mol. The van der Waals surface area contributed by atoms with Gasteiger partial charge in [-0.2, -0.15) is 13.2 Å². The molecule has 0 saturated heterocycles. The Morgan fingerprint density at radius 1 is 1.04 bits per heavy atom. The average Bonchev–Trinajstić information content (AvgIpc) is 3.54. The minimum atomic E-state index is -4.32. The van der Waals surface area contributed by atoms with E-state index in [0.29, 0.717) is 39.6 Å². The van der Waals surface area contributed by atoms with Crippen LogP contribution >= 0.6 is 0 Å². The van der Waals surface area contributed by atoms with Crippen LogP contribution in [0.4, 0.5) is 23.7 Å². The molecule has 2 amide bonds. The Balaban J connectivity index is 1.16. The molecule has 0 spiro atoms. The lowest BCUT2D eigenvalue weighted by molar-refractivity contribution is -0.160. The van der Waals surface area contributed by atoms with Gasteiger partial charge in [-0.3, -0.25) is 9.78 Å². The van der Waals surface area contributed by atoms with Crippen LogP contribution in [0.1, 0.15) is 38.5 Å². The van der Waals surface area contributed by atoms with E-state index in [2.05, 4.69) is 15.6 Å². The second-order valence-electron chi connectivity index (χ2n) is 11.0. The summed E-state index contributed by atoms with van der Waals surface area (Å²) in [5.74, 6) is -0.127. The minimum Gasteiger partial charge on any atom is -0.493 e. The fourth-order valence-corrected chi connectivity index (χ4v) is 5.14. The summed E-state index contributed by atoms with van der Waals surface area (Å²) in [6.07, 6.45) is 4.74. The lowest BCUT2D eigenvalue weighted by Crippen LogP contribution is -2.35. The van der Waals surface area contributed by atoms with Crippen LogP contribution in [0.15, 0.2) is 72.6 Å². The molecule has 2 atom stereocenters. The zero-order valence-corrected chi connectivity index (χ0v) is 25.1. The number of methoxy groups -OCH3 is 1. The summed E-state index contributed by atoms with van der Waals surface area (Å²) in [5.41, 5.74) is 7.35. The Bertz CT molecular complexity index is 1600. The third kappa shape index (κ3) is 8.47. The topological polar surface area (TPSA) is 134 Å². The summed E-state index contributed by atoms with van der Waals surface area (Å²) in [7, 11) is 1.51. The molecule has 0 bridgehead atoms. The normalized spacial score (nSPS) is 17.2. The van der Waals surface area contributed by atoms with Crippen molar-refractivity contribution in [2.75, 3.05) is 19.0 Å². The Kier molecular flexibility index (Phi) is 10.3. The molecule has 1 saturated carbocycles. The molecule has 1 unspecified atom stereocenters. The Morgan fingerprint density at radius 3 is 2.48 bits per heavy atom. The molecule has 0 radical (unpaired) electrons. The van der Waals surface area contributed by atoms with Crippen molar-refractivity contribution in [3.63, 3.8) is 0 Å². The van der Waals surface area contributed by atoms with Gasteiger partial charge in [-0.25, -0.2) is 4.79 Å². The third-order valence-electron chi connectivity index (χ3n) is 7.68. The maximum atomic E-state index is 12.8. The molecule has 2 aliphatic carbocycles. The third-order valence-corrected chi connectivity index (χ3v) is 7.68. The summed E-state index contributed by atoms with van der Waals surface area (Å²) in [4.78, 5) is 29.1. The molecule has 5 rings (SSSR count). The SMILES string of the molecule is COc1cc2c(Oc3ccc(NC(=O)NC4=CCC(C(F)(F)F)C=C4)cc3)ccnc2cc1OCC[C@H](N)C(=O)OC1CCCC1. The molecule has 10 nitrogen and oxygen atoms in total. The van der Waals surface area contributed by atoms with E-state index in [1.165, 1.54) is 19.3 Å². The standard InChI is InChI=1S/C33H35F3N4O6/c1-43-29-18-25-27(19-30(29)44-17-15-26(37)31(41)46-23-4-2-3-5-23)38-16-14-28(25)45-24-12-10-22(11-13-24)40-32(42)39-21-8-6-20(7-9-21)33(34,35)36/h6,8-14,16,18-20,23,26H,2-5,7,15,17,37H2,1H3,(H2,39,40,42)/t20?,26-/m0/s1. The average molecular weight is 641 g/mol. The van der Waals surface area contributed by atoms with Crippen LogP contribution < -0.4 is 30.6 Å². The van der Waals surface area contributed by atoms with E-state index in [4.69, 9.17) is 24.7 Å². The number of pyridine rings is 1. The van der Waals surface area contributed by atoms with Crippen LogP contribution in [0.5, 0.6) is 23.0 Å². The molecule has 4 N–H and O–H groups in total. The highest BCUT2D eigenvalue weighted by atomic mass is 19.4. The van der Waals surface area contributed by atoms with Crippen molar-refractivity contribution in [2.45, 2.75) is 56.8 Å². The zero-order chi connectivity index (χ0) is 32.7. The van der Waals surface area contributed by atoms with Gasteiger partial charge in [-0.15, -0.1) is 0 Å². The van der Waals surface area contributed by atoms with Crippen molar-refractivity contribution in [3.05, 3.63) is 72.6 Å². The maximum Gasteiger partial charge on any atom is 0.395 e. The van der Waals surface area contributed by atoms with Gasteiger partial charge < -0.3 is 35.3 Å². The lowest BCUT2D eigenvalue weighted by atomic mass is 9.99. The fourth-order valence-electron chi connectivity index (χ4n) is 5.14. The number of carbonyl (C=O) groups is 2. The van der Waals surface area contributed by atoms with E-state index in [9.17, 15) is 22.8 Å². The minimum absolute atomic E-state index is 0.0472. The number of nitrogens with two attached hydrogens (primary N) is 1. The Hall–Kier alpha value is -4.78. The molecule has 46 heavy (non-hydrogen) atoms. The maximum absolute atomic E-state index is 12.8. The van der Waals surface area contributed by atoms with Crippen molar-refractivity contribution < 1.29 is 41.7 Å². The number of benzene rings is 2. The van der Waals surface area contributed by atoms with Crippen LogP contribution in [-0.4, -0.2) is 49.0 Å². The number of hydrogen-bond donors (Lipinski definition) is 3. The number of allylic oxidation sites excluding steroid dienone is 3. The molecule has 244 valence electrons. The number of halogens is 3. The van der Waals surface area contributed by atoms with Gasteiger partial charge in [0.2, 0.25) is 0 Å². The number of carbonyl (C=O) groups excluding carboxylic acids is 2. The summed E-state index contributed by atoms with van der Waals surface area (Å²) in [6, 6.07) is 10.4. The van der Waals surface area contributed by atoms with Gasteiger partial charge >= 0.3 is 18.2 Å². The number of rotatable bonds is 11. The van der Waals surface area contributed by atoms with Crippen LogP contribution in [0.3, 0.4) is 0 Å². The van der Waals surface area contributed by atoms with Gasteiger partial charge in [0, 0.05) is 35.5 Å². The highest BCUT2D eigenvalue weighted by molar-refractivity contribution is 5.91. The van der Waals surface area contributed by atoms with Crippen molar-refractivity contribution >= 4 is 28.6 Å². The van der Waals surface area contributed by atoms with E-state index in [-0.39, 0.29) is 31.2 Å². The van der Waals surface area contributed by atoms with Gasteiger partial charge in [0.15, 0.2) is 11.5 Å². The number of nitrogens with zero attached hydrogens (tertiary/aromatic N) is 1. The molecule has 2 aromatic carbocycles. The molecule has 1 fully saturated rings. The number of hydrogen-bond acceptors (Lipinski definition) is 8. The predicted molar refractivity (Wildman–Crippen MR) is 165 cm³/mol. The molecular formula is C33H35F3N4O6. The lowest BCUT2D eigenvalue weighted by Gasteiger charge is -2.19. The van der Waals surface area contributed by atoms with Crippen LogP contribution in [0.2, 0.25) is 0 Å². The molecule has 1 aromatic heterocycles. The second-order valence-corrected chi connectivity index (χ2v) is 11.0. The quantitative estimate of drug-likeness (QED) is 0.196. The molecule has 0 aliphatic heterocycles. The van der Waals surface area contributed by atoms with Gasteiger partial charge in [0.1, 0.15) is 23.6 Å². The number of ether oxygens (including phenoxy) is 4. The largest absolute Gasteiger partial charge is 0.493 e. The first kappa shape index (κ1) is 32.6. The molecule has 13 heteroatoms. The molecule has 1 heterocycles. The number of fused-ring (bicyclic) bond motifs is 1. The number of anilines is 1. The Morgan fingerprint density at radius 2 is 1.80 bits per heavy atom. The van der Waals surface area contributed by atoms with Crippen molar-refractivity contribution in [2.24, 2.45) is 11.7 Å². The number of urea groups is 1. The summed E-state index contributed by atoms with van der Waals surface area (Å²) in [5, 5.41) is 5.84. The first-order valence-electron chi connectivity index (χ1n) is 15.0. The zero-order valence-electron chi connectivity index (χ0n) is 25.1. The van der Waals surface area contributed by atoms with Gasteiger partial charge in [0.05, 0.1) is 25.2 Å². The number of amides is 2. The van der Waals surface area contributed by atoms with Crippen molar-refractivity contribution in [1.82, 2.24) is 10.3 Å². The number of alkyl halides is 3. The summed E-state index contributed by atoms with van der Waals surface area (Å²) < 4.78 is 61.5. The number of esters is 1. The first-order valence-corrected chi connectivity index (χ1v) is 15.0. The highest BCUT2D eigenvalue weighted by Crippen LogP contribution is 2.37. The van der Waals surface area contributed by atoms with Gasteiger partial charge in [-0.05, 0) is 74.6 Å².